The minimum absolute atomic E-state index is 0.0945. The van der Waals surface area contributed by atoms with Crippen LogP contribution in [0.1, 0.15) is 51.5 Å². The summed E-state index contributed by atoms with van der Waals surface area (Å²) in [5, 5.41) is 0. The third-order valence-corrected chi connectivity index (χ3v) is 6.66. The summed E-state index contributed by atoms with van der Waals surface area (Å²) in [5.41, 5.74) is 9.03. The molecule has 0 radical (unpaired) electrons. The van der Waals surface area contributed by atoms with Crippen LogP contribution in [0, 0.1) is 5.41 Å². The maximum atomic E-state index is 13.2. The third kappa shape index (κ3) is 3.66. The molecule has 2 aliphatic rings. The van der Waals surface area contributed by atoms with Gasteiger partial charge in [-0.05, 0) is 48.6 Å². The molecule has 2 fully saturated rings. The molecule has 1 aromatic heterocycles. The molecule has 1 aromatic carbocycles. The van der Waals surface area contributed by atoms with Crippen molar-refractivity contribution < 1.29 is 4.74 Å². The lowest BCUT2D eigenvalue weighted by atomic mass is 9.77. The summed E-state index contributed by atoms with van der Waals surface area (Å²) in [6.07, 6.45) is 3.60. The molecule has 0 bridgehead atoms. The maximum Gasteiger partial charge on any atom is 0.264 e. The molecule has 6 heteroatoms. The van der Waals surface area contributed by atoms with Crippen molar-refractivity contribution in [1.82, 2.24) is 9.55 Å². The van der Waals surface area contributed by atoms with Gasteiger partial charge in [-0.2, -0.15) is 4.98 Å². The number of nitrogens with two attached hydrogens (primary N) is 1. The van der Waals surface area contributed by atoms with E-state index in [9.17, 15) is 4.79 Å². The molecule has 2 saturated heterocycles. The number of benzene rings is 1. The van der Waals surface area contributed by atoms with Crippen LogP contribution < -0.4 is 16.2 Å². The molecule has 1 spiro atoms. The highest BCUT2D eigenvalue weighted by Gasteiger charge is 2.41. The zero-order chi connectivity index (χ0) is 20.8. The summed E-state index contributed by atoms with van der Waals surface area (Å²) >= 11 is 0. The number of ether oxygens (including phenoxy) is 1. The van der Waals surface area contributed by atoms with Crippen molar-refractivity contribution in [3.05, 3.63) is 40.2 Å². The van der Waals surface area contributed by atoms with Crippen molar-refractivity contribution in [2.24, 2.45) is 12.5 Å². The molecular weight excluding hydrogens is 364 g/mol. The smallest absolute Gasteiger partial charge is 0.264 e. The summed E-state index contributed by atoms with van der Waals surface area (Å²) in [6.45, 7) is 9.05. The first-order valence-corrected chi connectivity index (χ1v) is 10.6. The number of aromatic nitrogens is 2. The van der Waals surface area contributed by atoms with E-state index in [0.717, 1.165) is 44.5 Å². The van der Waals surface area contributed by atoms with Crippen LogP contribution in [0.5, 0.6) is 0 Å². The van der Waals surface area contributed by atoms with E-state index in [1.54, 1.807) is 11.6 Å². The molecule has 0 saturated carbocycles. The molecule has 2 aromatic rings. The molecule has 0 aliphatic carbocycles. The Morgan fingerprint density at radius 2 is 1.86 bits per heavy atom. The van der Waals surface area contributed by atoms with Gasteiger partial charge in [0.15, 0.2) is 0 Å². The monoisotopic (exact) mass is 396 g/mol. The molecule has 29 heavy (non-hydrogen) atoms. The Labute approximate surface area is 172 Å². The number of piperidine rings is 1. The van der Waals surface area contributed by atoms with Gasteiger partial charge in [-0.25, -0.2) is 0 Å². The number of hydrogen-bond donors (Lipinski definition) is 1. The molecule has 156 valence electrons. The van der Waals surface area contributed by atoms with E-state index >= 15 is 0 Å². The second-order valence-corrected chi connectivity index (χ2v) is 9.13. The van der Waals surface area contributed by atoms with Crippen molar-refractivity contribution in [3.63, 3.8) is 0 Å². The Morgan fingerprint density at radius 3 is 2.41 bits per heavy atom. The molecule has 3 heterocycles. The molecule has 0 amide bonds. The number of rotatable bonds is 3. The predicted molar refractivity (Wildman–Crippen MR) is 117 cm³/mol. The number of anilines is 2. The van der Waals surface area contributed by atoms with Gasteiger partial charge >= 0.3 is 0 Å². The average molecular weight is 397 g/mol. The Hall–Kier alpha value is -2.34. The lowest BCUT2D eigenvalue weighted by Gasteiger charge is -2.39. The van der Waals surface area contributed by atoms with Crippen LogP contribution in [-0.4, -0.2) is 35.4 Å². The number of nitrogen functional groups attached to an aromatic ring is 1. The summed E-state index contributed by atoms with van der Waals surface area (Å²) in [5.74, 6) is 1.41. The normalized spacial score (nSPS) is 21.3. The molecule has 6 nitrogen and oxygen atoms in total. The summed E-state index contributed by atoms with van der Waals surface area (Å²) in [7, 11) is 1.79. The van der Waals surface area contributed by atoms with E-state index in [-0.39, 0.29) is 5.56 Å². The Morgan fingerprint density at radius 1 is 1.21 bits per heavy atom. The Balaban J connectivity index is 1.60. The molecule has 4 rings (SSSR count). The summed E-state index contributed by atoms with van der Waals surface area (Å²) < 4.78 is 7.47. The topological polar surface area (TPSA) is 73.4 Å². The lowest BCUT2D eigenvalue weighted by molar-refractivity contribution is 0.0974. The van der Waals surface area contributed by atoms with Crippen LogP contribution in [0.25, 0.3) is 11.1 Å². The average Bonchev–Trinajstić information content (AvgIpc) is 3.06. The first kappa shape index (κ1) is 20.0. The van der Waals surface area contributed by atoms with Crippen LogP contribution in [0.3, 0.4) is 0 Å². The minimum atomic E-state index is -0.0945. The highest BCUT2D eigenvalue weighted by atomic mass is 16.5. The van der Waals surface area contributed by atoms with Crippen molar-refractivity contribution in [2.75, 3.05) is 30.3 Å². The third-order valence-electron chi connectivity index (χ3n) is 6.66. The Kier molecular flexibility index (Phi) is 5.15. The SMILES string of the molecule is CC(C)c1ccc(-c2c(N)nc(N3CCC4(CC3)CO[C@@H](C)C4)n(C)c2=O)cc1. The van der Waals surface area contributed by atoms with E-state index in [1.807, 2.05) is 12.1 Å². The van der Waals surface area contributed by atoms with Crippen molar-refractivity contribution in [2.45, 2.75) is 52.1 Å². The number of hydrogen-bond acceptors (Lipinski definition) is 5. The fourth-order valence-electron chi connectivity index (χ4n) is 4.77. The molecule has 2 N–H and O–H groups in total. The molecule has 1 atom stereocenters. The number of nitrogens with zero attached hydrogens (tertiary/aromatic N) is 3. The van der Waals surface area contributed by atoms with E-state index < -0.39 is 0 Å². The fourth-order valence-corrected chi connectivity index (χ4v) is 4.77. The van der Waals surface area contributed by atoms with Gasteiger partial charge < -0.3 is 15.4 Å². The fraction of sp³-hybridized carbons (Fsp3) is 0.565. The van der Waals surface area contributed by atoms with Gasteiger partial charge in [-0.15, -0.1) is 0 Å². The van der Waals surface area contributed by atoms with E-state index in [0.29, 0.717) is 34.8 Å². The van der Waals surface area contributed by atoms with Crippen LogP contribution in [0.4, 0.5) is 11.8 Å². The van der Waals surface area contributed by atoms with Crippen LogP contribution >= 0.6 is 0 Å². The largest absolute Gasteiger partial charge is 0.383 e. The van der Waals surface area contributed by atoms with Crippen molar-refractivity contribution in [1.29, 1.82) is 0 Å². The highest BCUT2D eigenvalue weighted by Crippen LogP contribution is 2.42. The summed E-state index contributed by atoms with van der Waals surface area (Å²) in [4.78, 5) is 20.0. The maximum absolute atomic E-state index is 13.2. The van der Waals surface area contributed by atoms with Gasteiger partial charge in [0, 0.05) is 20.1 Å². The van der Waals surface area contributed by atoms with E-state index in [4.69, 9.17) is 10.5 Å². The van der Waals surface area contributed by atoms with Crippen LogP contribution in [0.2, 0.25) is 0 Å². The van der Waals surface area contributed by atoms with Gasteiger partial charge in [0.25, 0.3) is 5.56 Å². The van der Waals surface area contributed by atoms with Crippen molar-refractivity contribution >= 4 is 11.8 Å². The van der Waals surface area contributed by atoms with Gasteiger partial charge in [-0.3, -0.25) is 9.36 Å². The quantitative estimate of drug-likeness (QED) is 0.859. The van der Waals surface area contributed by atoms with E-state index in [2.05, 4.69) is 42.8 Å². The minimum Gasteiger partial charge on any atom is -0.383 e. The van der Waals surface area contributed by atoms with E-state index in [1.165, 1.54) is 5.56 Å². The van der Waals surface area contributed by atoms with Gasteiger partial charge in [0.05, 0.1) is 18.3 Å². The first-order valence-electron chi connectivity index (χ1n) is 10.6. The van der Waals surface area contributed by atoms with Crippen molar-refractivity contribution in [3.8, 4) is 11.1 Å². The zero-order valence-electron chi connectivity index (χ0n) is 17.9. The van der Waals surface area contributed by atoms with Gasteiger partial charge in [-0.1, -0.05) is 38.1 Å². The second kappa shape index (κ2) is 7.48. The first-order chi connectivity index (χ1) is 13.8. The standard InChI is InChI=1S/C23H32N4O2/c1-15(2)17-5-7-18(8-6-17)19-20(24)25-22(26(4)21(19)28)27-11-9-23(10-12-27)13-16(3)29-14-23/h5-8,15-16H,9-14,24H2,1-4H3/t16-/m0/s1. The van der Waals surface area contributed by atoms with Gasteiger partial charge in [0.2, 0.25) is 5.95 Å². The Bertz CT molecular complexity index is 941. The predicted octanol–water partition coefficient (Wildman–Crippen LogP) is 3.55. The molecular formula is C23H32N4O2. The molecule has 0 unspecified atom stereocenters. The van der Waals surface area contributed by atoms with Gasteiger partial charge in [0.1, 0.15) is 5.82 Å². The highest BCUT2D eigenvalue weighted by molar-refractivity contribution is 5.74. The second-order valence-electron chi connectivity index (χ2n) is 9.13. The van der Waals surface area contributed by atoms with Crippen LogP contribution in [-0.2, 0) is 11.8 Å². The summed E-state index contributed by atoms with van der Waals surface area (Å²) in [6, 6.07) is 8.05. The molecule has 2 aliphatic heterocycles. The lowest BCUT2D eigenvalue weighted by Crippen LogP contribution is -2.43. The zero-order valence-corrected chi connectivity index (χ0v) is 17.9. The van der Waals surface area contributed by atoms with Crippen LogP contribution in [0.15, 0.2) is 29.1 Å².